The van der Waals surface area contributed by atoms with E-state index < -0.39 is 6.04 Å². The molecule has 2 aromatic carbocycles. The summed E-state index contributed by atoms with van der Waals surface area (Å²) < 4.78 is 12.2. The smallest absolute Gasteiger partial charge is 0.249 e. The third-order valence-corrected chi connectivity index (χ3v) is 5.72. The lowest BCUT2D eigenvalue weighted by Gasteiger charge is -2.23. The van der Waals surface area contributed by atoms with Crippen LogP contribution >= 0.6 is 11.8 Å². The van der Waals surface area contributed by atoms with Crippen molar-refractivity contribution < 1.29 is 19.1 Å². The van der Waals surface area contributed by atoms with Gasteiger partial charge in [-0.1, -0.05) is 6.07 Å². The Morgan fingerprint density at radius 3 is 2.71 bits per heavy atom. The van der Waals surface area contributed by atoms with Gasteiger partial charge in [0.2, 0.25) is 11.8 Å². The normalized spacial score (nSPS) is 15.1. The molecule has 1 aliphatic heterocycles. The van der Waals surface area contributed by atoms with Crippen molar-refractivity contribution in [3.63, 3.8) is 0 Å². The van der Waals surface area contributed by atoms with Gasteiger partial charge in [-0.3, -0.25) is 9.59 Å². The van der Waals surface area contributed by atoms with E-state index in [0.717, 1.165) is 10.5 Å². The summed E-state index contributed by atoms with van der Waals surface area (Å²) in [6.45, 7) is 0. The summed E-state index contributed by atoms with van der Waals surface area (Å²) in [6.07, 6.45) is 1.98. The molecule has 4 rings (SSSR count). The monoisotopic (exact) mass is 438 g/mol. The van der Waals surface area contributed by atoms with E-state index in [1.165, 1.54) is 0 Å². The Balaban J connectivity index is 1.64. The van der Waals surface area contributed by atoms with E-state index in [0.29, 0.717) is 28.7 Å². The highest BCUT2D eigenvalue weighted by atomic mass is 32.2. The summed E-state index contributed by atoms with van der Waals surface area (Å²) in [6, 6.07) is 14.0. The Bertz CT molecular complexity index is 1140. The maximum Gasteiger partial charge on any atom is 0.249 e. The minimum atomic E-state index is -0.754. The molecule has 3 aromatic rings. The molecule has 0 saturated carbocycles. The molecule has 8 nitrogen and oxygen atoms in total. The second-order valence-corrected chi connectivity index (χ2v) is 7.80. The van der Waals surface area contributed by atoms with E-state index in [2.05, 4.69) is 15.7 Å². The predicted molar refractivity (Wildman–Crippen MR) is 120 cm³/mol. The van der Waals surface area contributed by atoms with Gasteiger partial charge in [0.15, 0.2) is 11.5 Å². The van der Waals surface area contributed by atoms with Gasteiger partial charge < -0.3 is 20.1 Å². The maximum absolute atomic E-state index is 13.0. The van der Waals surface area contributed by atoms with Gasteiger partial charge in [-0.25, -0.2) is 4.68 Å². The van der Waals surface area contributed by atoms with Crippen molar-refractivity contribution in [1.82, 2.24) is 9.78 Å². The number of benzene rings is 2. The Morgan fingerprint density at radius 2 is 1.97 bits per heavy atom. The topological polar surface area (TPSA) is 94.5 Å². The molecule has 31 heavy (non-hydrogen) atoms. The Kier molecular flexibility index (Phi) is 5.85. The first-order chi connectivity index (χ1) is 15.0. The third-order valence-electron chi connectivity index (χ3n) is 5.00. The molecular weight excluding hydrogens is 416 g/mol. The summed E-state index contributed by atoms with van der Waals surface area (Å²) in [5, 5.41) is 10.3. The van der Waals surface area contributed by atoms with E-state index in [9.17, 15) is 9.59 Å². The number of nitrogens with zero attached hydrogens (tertiary/aromatic N) is 2. The molecule has 1 aliphatic rings. The molecule has 2 heterocycles. The quantitative estimate of drug-likeness (QED) is 0.569. The minimum Gasteiger partial charge on any atom is -0.493 e. The van der Waals surface area contributed by atoms with Crippen molar-refractivity contribution in [3.05, 3.63) is 48.5 Å². The highest BCUT2D eigenvalue weighted by Gasteiger charge is 2.32. The number of fused-ring (bicyclic) bond motifs is 1. The molecule has 160 valence electrons. The number of carbonyl (C=O) groups excluding carboxylic acids is 2. The van der Waals surface area contributed by atoms with Gasteiger partial charge in [-0.2, -0.15) is 5.10 Å². The average Bonchev–Trinajstić information content (AvgIpc) is 3.21. The maximum atomic E-state index is 13.0. The largest absolute Gasteiger partial charge is 0.493 e. The van der Waals surface area contributed by atoms with Crippen molar-refractivity contribution in [2.24, 2.45) is 0 Å². The summed E-state index contributed by atoms with van der Waals surface area (Å²) in [7, 11) is 3.13. The second kappa shape index (κ2) is 8.73. The number of hydrogen-bond acceptors (Lipinski definition) is 6. The number of anilines is 2. The first kappa shape index (κ1) is 20.8. The lowest BCUT2D eigenvalue weighted by Crippen LogP contribution is -2.35. The Hall–Kier alpha value is -3.46. The fourth-order valence-electron chi connectivity index (χ4n) is 3.45. The molecule has 0 aliphatic carbocycles. The van der Waals surface area contributed by atoms with Crippen LogP contribution in [0.2, 0.25) is 0 Å². The van der Waals surface area contributed by atoms with Gasteiger partial charge in [0.1, 0.15) is 11.9 Å². The van der Waals surface area contributed by atoms with Crippen LogP contribution in [0.15, 0.2) is 53.4 Å². The number of methoxy groups -OCH3 is 2. The Morgan fingerprint density at radius 1 is 1.16 bits per heavy atom. The average molecular weight is 439 g/mol. The number of ether oxygens (including phenoxy) is 2. The van der Waals surface area contributed by atoms with Crippen LogP contribution < -0.4 is 20.1 Å². The van der Waals surface area contributed by atoms with Crippen LogP contribution in [0.25, 0.3) is 11.3 Å². The van der Waals surface area contributed by atoms with E-state index in [1.54, 1.807) is 48.9 Å². The van der Waals surface area contributed by atoms with Crippen molar-refractivity contribution in [2.75, 3.05) is 31.1 Å². The molecule has 0 unspecified atom stereocenters. The van der Waals surface area contributed by atoms with Crippen LogP contribution in [-0.2, 0) is 9.59 Å². The highest BCUT2D eigenvalue weighted by molar-refractivity contribution is 7.98. The van der Waals surface area contributed by atoms with Gasteiger partial charge in [0.05, 0.1) is 26.3 Å². The molecule has 2 N–H and O–H groups in total. The van der Waals surface area contributed by atoms with Crippen LogP contribution in [0.1, 0.15) is 12.5 Å². The van der Waals surface area contributed by atoms with Gasteiger partial charge in [0, 0.05) is 22.2 Å². The van der Waals surface area contributed by atoms with E-state index in [4.69, 9.17) is 9.47 Å². The Labute approximate surface area is 183 Å². The summed E-state index contributed by atoms with van der Waals surface area (Å²) in [4.78, 5) is 26.3. The minimum absolute atomic E-state index is 0.00804. The lowest BCUT2D eigenvalue weighted by molar-refractivity contribution is -0.125. The van der Waals surface area contributed by atoms with Crippen LogP contribution in [0, 0.1) is 0 Å². The zero-order valence-corrected chi connectivity index (χ0v) is 18.2. The first-order valence-electron chi connectivity index (χ1n) is 9.59. The number of rotatable bonds is 6. The zero-order chi connectivity index (χ0) is 22.0. The van der Waals surface area contributed by atoms with Gasteiger partial charge >= 0.3 is 0 Å². The molecule has 1 aromatic heterocycles. The van der Waals surface area contributed by atoms with Crippen molar-refractivity contribution in [1.29, 1.82) is 0 Å². The summed E-state index contributed by atoms with van der Waals surface area (Å²) in [5.41, 5.74) is 2.07. The SMILES string of the molecule is COc1ccc(-c2cc3n(n2)[C@H](C(=O)Nc2cccc(SC)c2)CC(=O)N3)cc1OC. The zero-order valence-electron chi connectivity index (χ0n) is 17.3. The van der Waals surface area contributed by atoms with Gasteiger partial charge in [0.25, 0.3) is 0 Å². The number of carbonyl (C=O) groups is 2. The fraction of sp³-hybridized carbons (Fsp3) is 0.227. The number of nitrogens with one attached hydrogen (secondary N) is 2. The molecule has 0 fully saturated rings. The molecule has 0 bridgehead atoms. The number of amides is 2. The first-order valence-corrected chi connectivity index (χ1v) is 10.8. The standard InChI is InChI=1S/C22H22N4O4S/c1-29-18-8-7-13(9-19(18)30-2)16-11-20-24-21(27)12-17(26(20)25-16)22(28)23-14-5-4-6-15(10-14)31-3/h4-11,17H,12H2,1-3H3,(H,23,28)(H,24,27)/t17-/m0/s1. The van der Waals surface area contributed by atoms with E-state index >= 15 is 0 Å². The lowest BCUT2D eigenvalue weighted by atomic mass is 10.1. The molecule has 0 radical (unpaired) electrons. The molecule has 0 saturated heterocycles. The van der Waals surface area contributed by atoms with Crippen molar-refractivity contribution >= 4 is 35.1 Å². The number of hydrogen-bond donors (Lipinski definition) is 2. The molecule has 1 atom stereocenters. The molecule has 2 amide bonds. The summed E-state index contributed by atoms with van der Waals surface area (Å²) in [5.74, 6) is 1.12. The number of aromatic nitrogens is 2. The van der Waals surface area contributed by atoms with Crippen LogP contribution in [0.4, 0.5) is 11.5 Å². The van der Waals surface area contributed by atoms with E-state index in [-0.39, 0.29) is 18.2 Å². The third kappa shape index (κ3) is 4.22. The fourth-order valence-corrected chi connectivity index (χ4v) is 3.91. The van der Waals surface area contributed by atoms with Crippen LogP contribution in [0.3, 0.4) is 0 Å². The van der Waals surface area contributed by atoms with Gasteiger partial charge in [-0.15, -0.1) is 11.8 Å². The van der Waals surface area contributed by atoms with E-state index in [1.807, 2.05) is 36.6 Å². The molecule has 9 heteroatoms. The van der Waals surface area contributed by atoms with Crippen molar-refractivity contribution in [3.8, 4) is 22.8 Å². The van der Waals surface area contributed by atoms with Crippen LogP contribution in [-0.4, -0.2) is 42.1 Å². The summed E-state index contributed by atoms with van der Waals surface area (Å²) >= 11 is 1.59. The second-order valence-electron chi connectivity index (χ2n) is 6.92. The van der Waals surface area contributed by atoms with Crippen LogP contribution in [0.5, 0.6) is 11.5 Å². The predicted octanol–water partition coefficient (Wildman–Crippen LogP) is 3.81. The highest BCUT2D eigenvalue weighted by Crippen LogP contribution is 2.35. The van der Waals surface area contributed by atoms with Crippen molar-refractivity contribution in [2.45, 2.75) is 17.4 Å². The number of thioether (sulfide) groups is 1. The molecule has 0 spiro atoms. The van der Waals surface area contributed by atoms with Gasteiger partial charge in [-0.05, 0) is 42.7 Å². The molecular formula is C22H22N4O4S.